The van der Waals surface area contributed by atoms with E-state index in [2.05, 4.69) is 11.8 Å². The first-order valence-electron chi connectivity index (χ1n) is 7.93. The number of nitrogens with zero attached hydrogens (tertiary/aromatic N) is 2. The minimum Gasteiger partial charge on any atom is -0.506 e. The zero-order chi connectivity index (χ0) is 15.5. The smallest absolute Gasteiger partial charge is 0.257 e. The summed E-state index contributed by atoms with van der Waals surface area (Å²) >= 11 is 0. The molecular formula is C18H22N2O2. The molecule has 1 N–H and O–H groups in total. The number of piperazine rings is 1. The maximum absolute atomic E-state index is 12.7. The maximum Gasteiger partial charge on any atom is 0.257 e. The molecule has 0 spiro atoms. The van der Waals surface area contributed by atoms with Gasteiger partial charge in [-0.25, -0.2) is 0 Å². The Balaban J connectivity index is 1.80. The van der Waals surface area contributed by atoms with Gasteiger partial charge in [0.1, 0.15) is 5.75 Å². The molecule has 0 atom stereocenters. The van der Waals surface area contributed by atoms with Crippen LogP contribution in [0.4, 0.5) is 0 Å². The lowest BCUT2D eigenvalue weighted by Gasteiger charge is -2.34. The van der Waals surface area contributed by atoms with Crippen molar-refractivity contribution in [2.75, 3.05) is 32.7 Å². The van der Waals surface area contributed by atoms with E-state index in [1.54, 1.807) is 6.07 Å². The van der Waals surface area contributed by atoms with E-state index in [9.17, 15) is 9.90 Å². The number of aromatic hydroxyl groups is 1. The van der Waals surface area contributed by atoms with E-state index >= 15 is 0 Å². The van der Waals surface area contributed by atoms with Gasteiger partial charge in [-0.3, -0.25) is 9.69 Å². The summed E-state index contributed by atoms with van der Waals surface area (Å²) in [5.74, 6) is 0.0264. The van der Waals surface area contributed by atoms with Crippen LogP contribution in [0.25, 0.3) is 10.8 Å². The Morgan fingerprint density at radius 3 is 2.55 bits per heavy atom. The number of amides is 1. The van der Waals surface area contributed by atoms with Gasteiger partial charge in [0.05, 0.1) is 5.56 Å². The molecule has 0 bridgehead atoms. The molecule has 4 nitrogen and oxygen atoms in total. The highest BCUT2D eigenvalue weighted by molar-refractivity contribution is 6.03. The summed E-state index contributed by atoms with van der Waals surface area (Å²) in [6, 6.07) is 11.2. The molecule has 1 aliphatic heterocycles. The fourth-order valence-corrected chi connectivity index (χ4v) is 3.09. The zero-order valence-corrected chi connectivity index (χ0v) is 13.0. The molecule has 0 aromatic heterocycles. The van der Waals surface area contributed by atoms with E-state index < -0.39 is 0 Å². The third-order valence-corrected chi connectivity index (χ3v) is 4.33. The SMILES string of the molecule is CCCN1CCN(C(=O)c2ccc3ccccc3c2O)CC1. The summed E-state index contributed by atoms with van der Waals surface area (Å²) in [4.78, 5) is 16.9. The highest BCUT2D eigenvalue weighted by Gasteiger charge is 2.24. The van der Waals surface area contributed by atoms with Crippen molar-refractivity contribution in [3.8, 4) is 5.75 Å². The van der Waals surface area contributed by atoms with Crippen LogP contribution in [0.5, 0.6) is 5.75 Å². The van der Waals surface area contributed by atoms with Crippen molar-refractivity contribution >= 4 is 16.7 Å². The second-order valence-corrected chi connectivity index (χ2v) is 5.82. The lowest BCUT2D eigenvalue weighted by molar-refractivity contribution is 0.0635. The van der Waals surface area contributed by atoms with Crippen molar-refractivity contribution in [3.63, 3.8) is 0 Å². The molecule has 1 amide bonds. The van der Waals surface area contributed by atoms with Crippen LogP contribution < -0.4 is 0 Å². The van der Waals surface area contributed by atoms with Crippen LogP contribution in [-0.2, 0) is 0 Å². The van der Waals surface area contributed by atoms with E-state index in [1.807, 2.05) is 35.2 Å². The molecule has 0 unspecified atom stereocenters. The molecule has 22 heavy (non-hydrogen) atoms. The third kappa shape index (κ3) is 2.79. The third-order valence-electron chi connectivity index (χ3n) is 4.33. The van der Waals surface area contributed by atoms with Crippen molar-refractivity contribution < 1.29 is 9.90 Å². The Kier molecular flexibility index (Phi) is 4.29. The molecular weight excluding hydrogens is 276 g/mol. The van der Waals surface area contributed by atoms with E-state index in [-0.39, 0.29) is 11.7 Å². The summed E-state index contributed by atoms with van der Waals surface area (Å²) in [6.07, 6.45) is 1.14. The van der Waals surface area contributed by atoms with Gasteiger partial charge in [0.25, 0.3) is 5.91 Å². The van der Waals surface area contributed by atoms with Crippen LogP contribution >= 0.6 is 0 Å². The van der Waals surface area contributed by atoms with Gasteiger partial charge < -0.3 is 10.0 Å². The Morgan fingerprint density at radius 2 is 1.82 bits per heavy atom. The predicted molar refractivity (Wildman–Crippen MR) is 88.2 cm³/mol. The van der Waals surface area contributed by atoms with Crippen LogP contribution in [0.1, 0.15) is 23.7 Å². The fourth-order valence-electron chi connectivity index (χ4n) is 3.09. The molecule has 1 heterocycles. The number of hydrogen-bond donors (Lipinski definition) is 1. The lowest BCUT2D eigenvalue weighted by Crippen LogP contribution is -2.48. The summed E-state index contributed by atoms with van der Waals surface area (Å²) in [6.45, 7) is 6.53. The van der Waals surface area contributed by atoms with Crippen LogP contribution in [0.3, 0.4) is 0 Å². The van der Waals surface area contributed by atoms with Gasteiger partial charge in [-0.15, -0.1) is 0 Å². The van der Waals surface area contributed by atoms with Gasteiger partial charge in [0.2, 0.25) is 0 Å². The Bertz CT molecular complexity index is 676. The molecule has 2 aromatic carbocycles. The number of benzene rings is 2. The van der Waals surface area contributed by atoms with E-state index in [1.165, 1.54) is 0 Å². The van der Waals surface area contributed by atoms with Gasteiger partial charge in [0, 0.05) is 31.6 Å². The first kappa shape index (κ1) is 14.9. The molecule has 1 fully saturated rings. The first-order chi connectivity index (χ1) is 10.7. The molecule has 2 aromatic rings. The van der Waals surface area contributed by atoms with Crippen molar-refractivity contribution in [2.24, 2.45) is 0 Å². The number of carbonyl (C=O) groups excluding carboxylic acids is 1. The molecule has 1 saturated heterocycles. The maximum atomic E-state index is 12.7. The number of rotatable bonds is 3. The number of hydrogen-bond acceptors (Lipinski definition) is 3. The molecule has 1 aliphatic rings. The van der Waals surface area contributed by atoms with Crippen LogP contribution in [0, 0.1) is 0 Å². The van der Waals surface area contributed by atoms with Crippen molar-refractivity contribution in [1.82, 2.24) is 9.80 Å². The predicted octanol–water partition coefficient (Wildman–Crippen LogP) is 2.71. The summed E-state index contributed by atoms with van der Waals surface area (Å²) < 4.78 is 0. The Morgan fingerprint density at radius 1 is 1.09 bits per heavy atom. The number of phenols is 1. The van der Waals surface area contributed by atoms with E-state index in [4.69, 9.17) is 0 Å². The average Bonchev–Trinajstić information content (AvgIpc) is 2.56. The highest BCUT2D eigenvalue weighted by atomic mass is 16.3. The van der Waals surface area contributed by atoms with E-state index in [0.717, 1.165) is 49.9 Å². The van der Waals surface area contributed by atoms with Crippen molar-refractivity contribution in [2.45, 2.75) is 13.3 Å². The second-order valence-electron chi connectivity index (χ2n) is 5.82. The van der Waals surface area contributed by atoms with Crippen LogP contribution in [0.15, 0.2) is 36.4 Å². The van der Waals surface area contributed by atoms with Gasteiger partial charge >= 0.3 is 0 Å². The number of phenolic OH excluding ortho intramolecular Hbond substituents is 1. The number of carbonyl (C=O) groups is 1. The lowest BCUT2D eigenvalue weighted by atomic mass is 10.0. The topological polar surface area (TPSA) is 43.8 Å². The molecule has 3 rings (SSSR count). The first-order valence-corrected chi connectivity index (χ1v) is 7.93. The second kappa shape index (κ2) is 6.36. The van der Waals surface area contributed by atoms with E-state index in [0.29, 0.717) is 5.56 Å². The Hall–Kier alpha value is -2.07. The molecule has 4 heteroatoms. The average molecular weight is 298 g/mol. The van der Waals surface area contributed by atoms with Crippen molar-refractivity contribution in [3.05, 3.63) is 42.0 Å². The van der Waals surface area contributed by atoms with Gasteiger partial charge in [-0.1, -0.05) is 37.3 Å². The number of fused-ring (bicyclic) bond motifs is 1. The standard InChI is InChI=1S/C18H22N2O2/c1-2-9-19-10-12-20(13-11-19)18(22)16-8-7-14-5-3-4-6-15(14)17(16)21/h3-8,21H,2,9-13H2,1H3. The molecule has 0 saturated carbocycles. The van der Waals surface area contributed by atoms with Gasteiger partial charge in [-0.2, -0.15) is 0 Å². The monoisotopic (exact) mass is 298 g/mol. The minimum atomic E-state index is -0.0700. The molecule has 0 aliphatic carbocycles. The normalized spacial score (nSPS) is 16.1. The van der Waals surface area contributed by atoms with Crippen LogP contribution in [0.2, 0.25) is 0 Å². The molecule has 116 valence electrons. The van der Waals surface area contributed by atoms with Crippen LogP contribution in [-0.4, -0.2) is 53.5 Å². The summed E-state index contributed by atoms with van der Waals surface area (Å²) in [7, 11) is 0. The van der Waals surface area contributed by atoms with Crippen molar-refractivity contribution in [1.29, 1.82) is 0 Å². The highest BCUT2D eigenvalue weighted by Crippen LogP contribution is 2.29. The van der Waals surface area contributed by atoms with Gasteiger partial charge in [0.15, 0.2) is 0 Å². The zero-order valence-electron chi connectivity index (χ0n) is 13.0. The largest absolute Gasteiger partial charge is 0.506 e. The summed E-state index contributed by atoms with van der Waals surface area (Å²) in [5.41, 5.74) is 0.405. The quantitative estimate of drug-likeness (QED) is 0.947. The minimum absolute atomic E-state index is 0.0700. The summed E-state index contributed by atoms with van der Waals surface area (Å²) in [5, 5.41) is 12.1. The Labute approximate surface area is 131 Å². The molecule has 0 radical (unpaired) electrons. The fraction of sp³-hybridized carbons (Fsp3) is 0.389. The van der Waals surface area contributed by atoms with Gasteiger partial charge in [-0.05, 0) is 24.4 Å².